The Kier molecular flexibility index (Phi) is 8.19. The number of hydrogen-bond acceptors (Lipinski definition) is 7. The molecule has 0 spiro atoms. The van der Waals surface area contributed by atoms with E-state index in [2.05, 4.69) is 29.8 Å². The van der Waals surface area contributed by atoms with E-state index in [1.165, 1.54) is 15.6 Å². The average molecular weight is 555 g/mol. The van der Waals surface area contributed by atoms with Crippen LogP contribution in [-0.4, -0.2) is 74.0 Å². The highest BCUT2D eigenvalue weighted by molar-refractivity contribution is 8.15. The molecule has 11 heteroatoms. The van der Waals surface area contributed by atoms with E-state index in [9.17, 15) is 8.42 Å². The summed E-state index contributed by atoms with van der Waals surface area (Å²) in [4.78, 5) is 10.8. The fourth-order valence-electron chi connectivity index (χ4n) is 4.70. The average Bonchev–Trinajstić information content (AvgIpc) is 3.56. The number of morpholine rings is 1. The van der Waals surface area contributed by atoms with Crippen molar-refractivity contribution in [1.82, 2.24) is 9.88 Å². The Labute approximate surface area is 221 Å². The normalized spacial score (nSPS) is 23.3. The predicted octanol–water partition coefficient (Wildman–Crippen LogP) is 4.84. The number of thiophene rings is 1. The maximum atomic E-state index is 13.1. The zero-order valence-corrected chi connectivity index (χ0v) is 23.3. The van der Waals surface area contributed by atoms with Crippen LogP contribution in [0, 0.1) is 0 Å². The molecule has 4 heterocycles. The van der Waals surface area contributed by atoms with Gasteiger partial charge in [-0.05, 0) is 50.4 Å². The zero-order valence-electron chi connectivity index (χ0n) is 20.0. The summed E-state index contributed by atoms with van der Waals surface area (Å²) in [6, 6.07) is 11.2. The van der Waals surface area contributed by atoms with Crippen molar-refractivity contribution in [1.29, 1.82) is 0 Å². The lowest BCUT2D eigenvalue weighted by molar-refractivity contribution is -0.0680. The van der Waals surface area contributed by atoms with Crippen molar-refractivity contribution in [2.45, 2.75) is 41.9 Å². The Balaban J connectivity index is 0.00000289. The number of ether oxygens (including phenoxy) is 1. The number of hydrogen-bond donors (Lipinski definition) is 1. The van der Waals surface area contributed by atoms with Gasteiger partial charge in [-0.1, -0.05) is 30.0 Å². The summed E-state index contributed by atoms with van der Waals surface area (Å²) in [6.07, 6.45) is 1.66. The van der Waals surface area contributed by atoms with E-state index in [-0.39, 0.29) is 24.6 Å². The van der Waals surface area contributed by atoms with Crippen LogP contribution in [0.4, 0.5) is 5.69 Å². The maximum Gasteiger partial charge on any atom is 0.273 e. The molecule has 2 aromatic heterocycles. The molecule has 2 aliphatic rings. The second-order valence-corrected chi connectivity index (χ2v) is 13.5. The largest absolute Gasteiger partial charge is 0.373 e. The monoisotopic (exact) mass is 554 g/mol. The summed E-state index contributed by atoms with van der Waals surface area (Å²) < 4.78 is 33.7. The van der Waals surface area contributed by atoms with Crippen molar-refractivity contribution < 1.29 is 13.2 Å². The molecule has 0 bridgehead atoms. The lowest BCUT2D eigenvalue weighted by atomic mass is 10.2. The predicted molar refractivity (Wildman–Crippen MR) is 149 cm³/mol. The highest BCUT2D eigenvalue weighted by Crippen LogP contribution is 2.34. The number of aromatic nitrogens is 1. The van der Waals surface area contributed by atoms with Gasteiger partial charge in [-0.25, -0.2) is 8.42 Å². The Hall–Kier alpha value is -1.56. The first-order valence-corrected chi connectivity index (χ1v) is 14.7. The standard InChI is InChI=1S/C24H30N4O3S3.ClH/c1-16-14-28(15-17(2)31-16)10-9-19-13-25-24(33-19)20-12-18-6-4-7-21(23(18)26-20)27(3)34(29,30)22-8-5-11-32-22;/h4-8,11-12,16-17,19,26H,9-10,13-15H2,1-3H3;1H. The second-order valence-electron chi connectivity index (χ2n) is 9.02. The van der Waals surface area contributed by atoms with Crippen LogP contribution in [0.5, 0.6) is 0 Å². The van der Waals surface area contributed by atoms with Crippen molar-refractivity contribution in [3.05, 3.63) is 47.5 Å². The minimum atomic E-state index is -3.60. The number of para-hydroxylation sites is 1. The van der Waals surface area contributed by atoms with E-state index in [4.69, 9.17) is 9.73 Å². The first-order valence-electron chi connectivity index (χ1n) is 11.5. The van der Waals surface area contributed by atoms with E-state index in [1.807, 2.05) is 30.0 Å². The van der Waals surface area contributed by atoms with Gasteiger partial charge in [0.25, 0.3) is 10.0 Å². The van der Waals surface area contributed by atoms with Crippen LogP contribution in [-0.2, 0) is 14.8 Å². The van der Waals surface area contributed by atoms with E-state index >= 15 is 0 Å². The molecule has 2 aliphatic heterocycles. The molecule has 1 N–H and O–H groups in total. The lowest BCUT2D eigenvalue weighted by Gasteiger charge is -2.35. The molecule has 0 saturated carbocycles. The summed E-state index contributed by atoms with van der Waals surface area (Å²) in [6.45, 7) is 8.12. The van der Waals surface area contributed by atoms with Gasteiger partial charge in [-0.2, -0.15) is 0 Å². The number of anilines is 1. The van der Waals surface area contributed by atoms with Crippen LogP contribution in [0.1, 0.15) is 26.0 Å². The third-order valence-corrected chi connectivity index (χ3v) is 10.7. The first kappa shape index (κ1) is 26.5. The van der Waals surface area contributed by atoms with Crippen molar-refractivity contribution in [2.24, 2.45) is 4.99 Å². The Bertz CT molecular complexity index is 1280. The molecule has 0 amide bonds. The lowest BCUT2D eigenvalue weighted by Crippen LogP contribution is -2.46. The van der Waals surface area contributed by atoms with Gasteiger partial charge in [0, 0.05) is 30.8 Å². The summed E-state index contributed by atoms with van der Waals surface area (Å²) in [7, 11) is -2.00. The van der Waals surface area contributed by atoms with E-state index in [0.717, 1.165) is 54.2 Å². The fourth-order valence-corrected chi connectivity index (χ4v) is 8.14. The van der Waals surface area contributed by atoms with E-state index in [0.29, 0.717) is 15.1 Å². The number of nitrogens with zero attached hydrogens (tertiary/aromatic N) is 3. The van der Waals surface area contributed by atoms with Gasteiger partial charge in [0.2, 0.25) is 0 Å². The van der Waals surface area contributed by atoms with Crippen molar-refractivity contribution in [3.8, 4) is 0 Å². The molecule has 1 fully saturated rings. The van der Waals surface area contributed by atoms with Crippen molar-refractivity contribution in [3.63, 3.8) is 0 Å². The number of benzene rings is 1. The smallest absolute Gasteiger partial charge is 0.273 e. The topological polar surface area (TPSA) is 78.0 Å². The maximum absolute atomic E-state index is 13.1. The summed E-state index contributed by atoms with van der Waals surface area (Å²) in [5, 5.41) is 4.21. The summed E-state index contributed by atoms with van der Waals surface area (Å²) >= 11 is 3.04. The third kappa shape index (κ3) is 5.57. The Morgan fingerprint density at radius 2 is 1.97 bits per heavy atom. The number of H-pyrrole nitrogens is 1. The number of rotatable bonds is 7. The molecule has 3 aromatic rings. The number of aliphatic imine (C=N–C) groups is 1. The third-order valence-electron chi connectivity index (χ3n) is 6.29. The van der Waals surface area contributed by atoms with Gasteiger partial charge in [-0.3, -0.25) is 14.2 Å². The van der Waals surface area contributed by atoms with Crippen LogP contribution in [0.3, 0.4) is 0 Å². The SMILES string of the molecule is CC1CN(CCC2CN=C(c3cc4cccc(N(C)S(=O)(=O)c5cccs5)c4[nH]3)S2)CC(C)O1.Cl. The number of aromatic amines is 1. The molecule has 1 saturated heterocycles. The minimum Gasteiger partial charge on any atom is -0.373 e. The van der Waals surface area contributed by atoms with Crippen molar-refractivity contribution >= 4 is 67.2 Å². The first-order chi connectivity index (χ1) is 16.3. The minimum absolute atomic E-state index is 0. The summed E-state index contributed by atoms with van der Waals surface area (Å²) in [5.74, 6) is 0. The van der Waals surface area contributed by atoms with Gasteiger partial charge < -0.3 is 9.72 Å². The van der Waals surface area contributed by atoms with Gasteiger partial charge in [0.1, 0.15) is 9.25 Å². The molecule has 0 aliphatic carbocycles. The fraction of sp³-hybridized carbons (Fsp3) is 0.458. The molecular formula is C24H31ClN4O3S3. The van der Waals surface area contributed by atoms with Crippen molar-refractivity contribution in [2.75, 3.05) is 37.5 Å². The molecule has 190 valence electrons. The van der Waals surface area contributed by atoms with Crippen LogP contribution < -0.4 is 4.31 Å². The molecule has 35 heavy (non-hydrogen) atoms. The second kappa shape index (κ2) is 10.8. The summed E-state index contributed by atoms with van der Waals surface area (Å²) in [5.41, 5.74) is 2.39. The Morgan fingerprint density at radius 1 is 1.20 bits per heavy atom. The molecule has 1 aromatic carbocycles. The van der Waals surface area contributed by atoms with Gasteiger partial charge in [-0.15, -0.1) is 23.7 Å². The van der Waals surface area contributed by atoms with E-state index in [1.54, 1.807) is 24.6 Å². The van der Waals surface area contributed by atoms with Crippen LogP contribution in [0.25, 0.3) is 10.9 Å². The molecule has 5 rings (SSSR count). The van der Waals surface area contributed by atoms with Gasteiger partial charge in [0.15, 0.2) is 0 Å². The quantitative estimate of drug-likeness (QED) is 0.452. The number of nitrogens with one attached hydrogen (secondary N) is 1. The van der Waals surface area contributed by atoms with E-state index < -0.39 is 10.0 Å². The highest BCUT2D eigenvalue weighted by atomic mass is 35.5. The highest BCUT2D eigenvalue weighted by Gasteiger charge is 2.27. The molecule has 3 atom stereocenters. The number of fused-ring (bicyclic) bond motifs is 1. The number of halogens is 1. The van der Waals surface area contributed by atoms with Crippen LogP contribution in [0.2, 0.25) is 0 Å². The zero-order chi connectivity index (χ0) is 23.9. The van der Waals surface area contributed by atoms with Gasteiger partial charge >= 0.3 is 0 Å². The molecular weight excluding hydrogens is 524 g/mol. The number of thioether (sulfide) groups is 1. The van der Waals surface area contributed by atoms with Gasteiger partial charge in [0.05, 0.1) is 35.7 Å². The Morgan fingerprint density at radius 3 is 2.69 bits per heavy atom. The number of sulfonamides is 1. The van der Waals surface area contributed by atoms with Crippen LogP contribution in [0.15, 0.2) is 51.0 Å². The molecule has 3 unspecified atom stereocenters. The van der Waals surface area contributed by atoms with Crippen LogP contribution >= 0.6 is 35.5 Å². The molecule has 7 nitrogen and oxygen atoms in total. The molecule has 0 radical (unpaired) electrons.